The van der Waals surface area contributed by atoms with Gasteiger partial charge in [0.15, 0.2) is 0 Å². The van der Waals surface area contributed by atoms with Gasteiger partial charge in [0.2, 0.25) is 0 Å². The third kappa shape index (κ3) is 2.97. The van der Waals surface area contributed by atoms with Gasteiger partial charge in [-0.1, -0.05) is 17.7 Å². The molecule has 3 rings (SSSR count). The Morgan fingerprint density at radius 1 is 1.24 bits per heavy atom. The van der Waals surface area contributed by atoms with E-state index in [9.17, 15) is 4.79 Å². The van der Waals surface area contributed by atoms with Crippen LogP contribution < -0.4 is 0 Å². The molecular formula is C16H19N3OS. The van der Waals surface area contributed by atoms with Gasteiger partial charge in [-0.2, -0.15) is 16.9 Å². The van der Waals surface area contributed by atoms with Crippen molar-refractivity contribution in [3.05, 3.63) is 41.1 Å². The number of aromatic nitrogens is 2. The topological polar surface area (TPSA) is 49.0 Å². The van der Waals surface area contributed by atoms with E-state index in [0.29, 0.717) is 5.69 Å². The minimum absolute atomic E-state index is 0.0550. The number of aryl methyl sites for hydroxylation is 2. The van der Waals surface area contributed by atoms with E-state index in [1.165, 1.54) is 11.1 Å². The monoisotopic (exact) mass is 301 g/mol. The average Bonchev–Trinajstić information content (AvgIpc) is 2.99. The maximum absolute atomic E-state index is 12.4. The SMILES string of the molecule is Cc1ccc(C)c(-c2cc(C(=O)N3CCSCC3)[nH]n2)c1. The number of carbonyl (C=O) groups excluding carboxylic acids is 1. The standard InChI is InChI=1S/C16H19N3OS/c1-11-3-4-12(2)13(9-11)14-10-15(18-17-14)16(20)19-5-7-21-8-6-19/h3-4,9-10H,5-8H2,1-2H3,(H,17,18). The summed E-state index contributed by atoms with van der Waals surface area (Å²) in [5, 5.41) is 7.23. The average molecular weight is 301 g/mol. The van der Waals surface area contributed by atoms with Gasteiger partial charge >= 0.3 is 0 Å². The van der Waals surface area contributed by atoms with Crippen LogP contribution in [0.25, 0.3) is 11.3 Å². The van der Waals surface area contributed by atoms with E-state index < -0.39 is 0 Å². The molecule has 1 amide bonds. The quantitative estimate of drug-likeness (QED) is 0.928. The number of amides is 1. The van der Waals surface area contributed by atoms with E-state index in [0.717, 1.165) is 35.9 Å². The Balaban J connectivity index is 1.85. The summed E-state index contributed by atoms with van der Waals surface area (Å²) >= 11 is 1.90. The Morgan fingerprint density at radius 2 is 2.00 bits per heavy atom. The molecule has 2 aromatic rings. The Hall–Kier alpha value is -1.75. The van der Waals surface area contributed by atoms with Gasteiger partial charge in [-0.3, -0.25) is 9.89 Å². The molecule has 21 heavy (non-hydrogen) atoms. The predicted octanol–water partition coefficient (Wildman–Crippen LogP) is 2.88. The van der Waals surface area contributed by atoms with Crippen LogP contribution in [0.1, 0.15) is 21.6 Å². The Morgan fingerprint density at radius 3 is 2.76 bits per heavy atom. The summed E-state index contributed by atoms with van der Waals surface area (Å²) in [6, 6.07) is 8.15. The van der Waals surface area contributed by atoms with Crippen molar-refractivity contribution >= 4 is 17.7 Å². The molecule has 1 aliphatic rings. The number of thioether (sulfide) groups is 1. The smallest absolute Gasteiger partial charge is 0.271 e. The zero-order chi connectivity index (χ0) is 14.8. The first kappa shape index (κ1) is 14.2. The summed E-state index contributed by atoms with van der Waals surface area (Å²) in [6.07, 6.45) is 0. The fourth-order valence-corrected chi connectivity index (χ4v) is 3.42. The van der Waals surface area contributed by atoms with Crippen molar-refractivity contribution < 1.29 is 4.79 Å². The van der Waals surface area contributed by atoms with Crippen molar-refractivity contribution in [3.8, 4) is 11.3 Å². The number of hydrogen-bond donors (Lipinski definition) is 1. The minimum Gasteiger partial charge on any atom is -0.336 e. The number of hydrogen-bond acceptors (Lipinski definition) is 3. The Bertz CT molecular complexity index is 659. The second-order valence-corrected chi connectivity index (χ2v) is 6.61. The van der Waals surface area contributed by atoms with Crippen LogP contribution in [0.4, 0.5) is 0 Å². The zero-order valence-corrected chi connectivity index (χ0v) is 13.2. The van der Waals surface area contributed by atoms with Crippen LogP contribution >= 0.6 is 11.8 Å². The highest BCUT2D eigenvalue weighted by Gasteiger charge is 2.20. The number of rotatable bonds is 2. The molecule has 0 spiro atoms. The van der Waals surface area contributed by atoms with Gasteiger partial charge in [-0.25, -0.2) is 0 Å². The van der Waals surface area contributed by atoms with Crippen molar-refractivity contribution in [3.63, 3.8) is 0 Å². The summed E-state index contributed by atoms with van der Waals surface area (Å²) in [5.74, 6) is 2.09. The molecule has 1 aromatic heterocycles. The van der Waals surface area contributed by atoms with E-state index >= 15 is 0 Å². The van der Waals surface area contributed by atoms with Crippen LogP contribution in [-0.4, -0.2) is 45.6 Å². The lowest BCUT2D eigenvalue weighted by Gasteiger charge is -2.25. The number of H-pyrrole nitrogens is 1. The summed E-state index contributed by atoms with van der Waals surface area (Å²) < 4.78 is 0. The number of aromatic amines is 1. The highest BCUT2D eigenvalue weighted by molar-refractivity contribution is 7.99. The van der Waals surface area contributed by atoms with Gasteiger partial charge in [0.25, 0.3) is 5.91 Å². The Labute approximate surface area is 128 Å². The molecule has 0 bridgehead atoms. The molecule has 1 aromatic carbocycles. The van der Waals surface area contributed by atoms with Crippen LogP contribution in [0.15, 0.2) is 24.3 Å². The maximum Gasteiger partial charge on any atom is 0.271 e. The lowest BCUT2D eigenvalue weighted by atomic mass is 10.0. The summed E-state index contributed by atoms with van der Waals surface area (Å²) in [6.45, 7) is 5.77. The van der Waals surface area contributed by atoms with Gasteiger partial charge in [0.1, 0.15) is 5.69 Å². The lowest BCUT2D eigenvalue weighted by molar-refractivity contribution is 0.0766. The maximum atomic E-state index is 12.4. The normalized spacial score (nSPS) is 15.2. The highest BCUT2D eigenvalue weighted by Crippen LogP contribution is 2.24. The van der Waals surface area contributed by atoms with E-state index in [2.05, 4.69) is 42.2 Å². The van der Waals surface area contributed by atoms with E-state index in [1.54, 1.807) is 0 Å². The van der Waals surface area contributed by atoms with Gasteiger partial charge in [0, 0.05) is 30.2 Å². The van der Waals surface area contributed by atoms with E-state index in [-0.39, 0.29) is 5.91 Å². The van der Waals surface area contributed by atoms with Crippen molar-refractivity contribution in [1.29, 1.82) is 0 Å². The second kappa shape index (κ2) is 5.93. The highest BCUT2D eigenvalue weighted by atomic mass is 32.2. The van der Waals surface area contributed by atoms with Crippen LogP contribution in [0, 0.1) is 13.8 Å². The molecular weight excluding hydrogens is 282 g/mol. The van der Waals surface area contributed by atoms with Gasteiger partial charge in [0.05, 0.1) is 5.69 Å². The first-order chi connectivity index (χ1) is 10.1. The third-order valence-corrected chi connectivity index (χ3v) is 4.72. The van der Waals surface area contributed by atoms with Crippen LogP contribution in [0.2, 0.25) is 0 Å². The molecule has 2 heterocycles. The summed E-state index contributed by atoms with van der Waals surface area (Å²) in [4.78, 5) is 14.3. The number of carbonyl (C=O) groups is 1. The molecule has 0 aliphatic carbocycles. The second-order valence-electron chi connectivity index (χ2n) is 5.39. The van der Waals surface area contributed by atoms with Gasteiger partial charge in [-0.05, 0) is 31.5 Å². The Kier molecular flexibility index (Phi) is 4.01. The molecule has 0 radical (unpaired) electrons. The molecule has 110 valence electrons. The largest absolute Gasteiger partial charge is 0.336 e. The molecule has 1 aliphatic heterocycles. The fraction of sp³-hybridized carbons (Fsp3) is 0.375. The number of nitrogens with one attached hydrogen (secondary N) is 1. The number of nitrogens with zero attached hydrogens (tertiary/aromatic N) is 2. The van der Waals surface area contributed by atoms with Crippen molar-refractivity contribution in [2.75, 3.05) is 24.6 Å². The molecule has 0 atom stereocenters. The zero-order valence-electron chi connectivity index (χ0n) is 12.3. The van der Waals surface area contributed by atoms with Crippen LogP contribution in [-0.2, 0) is 0 Å². The van der Waals surface area contributed by atoms with Crippen molar-refractivity contribution in [2.45, 2.75) is 13.8 Å². The van der Waals surface area contributed by atoms with E-state index in [1.807, 2.05) is 22.7 Å². The van der Waals surface area contributed by atoms with Crippen LogP contribution in [0.5, 0.6) is 0 Å². The van der Waals surface area contributed by atoms with Gasteiger partial charge < -0.3 is 4.90 Å². The first-order valence-electron chi connectivity index (χ1n) is 7.15. The first-order valence-corrected chi connectivity index (χ1v) is 8.30. The van der Waals surface area contributed by atoms with Crippen LogP contribution in [0.3, 0.4) is 0 Å². The molecule has 1 saturated heterocycles. The molecule has 5 heteroatoms. The minimum atomic E-state index is 0.0550. The lowest BCUT2D eigenvalue weighted by Crippen LogP contribution is -2.38. The summed E-state index contributed by atoms with van der Waals surface area (Å²) in [7, 11) is 0. The molecule has 0 saturated carbocycles. The van der Waals surface area contributed by atoms with Gasteiger partial charge in [-0.15, -0.1) is 0 Å². The van der Waals surface area contributed by atoms with E-state index in [4.69, 9.17) is 0 Å². The molecule has 0 unspecified atom stereocenters. The van der Waals surface area contributed by atoms with Crippen molar-refractivity contribution in [1.82, 2.24) is 15.1 Å². The predicted molar refractivity (Wildman–Crippen MR) is 86.7 cm³/mol. The third-order valence-electron chi connectivity index (χ3n) is 3.78. The molecule has 4 nitrogen and oxygen atoms in total. The number of benzene rings is 1. The van der Waals surface area contributed by atoms with Crippen molar-refractivity contribution in [2.24, 2.45) is 0 Å². The molecule has 1 N–H and O–H groups in total. The fourth-order valence-electron chi connectivity index (χ4n) is 2.52. The molecule has 1 fully saturated rings. The summed E-state index contributed by atoms with van der Waals surface area (Å²) in [5.41, 5.74) is 4.86.